The number of benzene rings is 3. The Labute approximate surface area is 285 Å². The predicted octanol–water partition coefficient (Wildman–Crippen LogP) is 8.61. The van der Waals surface area contributed by atoms with E-state index in [0.29, 0.717) is 17.2 Å². The third-order valence-corrected chi connectivity index (χ3v) is 7.57. The van der Waals surface area contributed by atoms with Gasteiger partial charge in [0, 0.05) is 0 Å². The summed E-state index contributed by atoms with van der Waals surface area (Å²) < 4.78 is 31.8. The minimum absolute atomic E-state index is 0.0363. The first-order valence-electron chi connectivity index (χ1n) is 12.5. The van der Waals surface area contributed by atoms with Crippen molar-refractivity contribution in [2.24, 2.45) is 10.3 Å². The van der Waals surface area contributed by atoms with Gasteiger partial charge in [0.25, 0.3) is 17.7 Å². The van der Waals surface area contributed by atoms with Crippen LogP contribution in [0.15, 0.2) is 65.2 Å². The molecule has 0 fully saturated rings. The molecule has 0 N–H and O–H groups in total. The van der Waals surface area contributed by atoms with Crippen molar-refractivity contribution in [3.05, 3.63) is 102 Å². The van der Waals surface area contributed by atoms with Crippen LogP contribution in [0.3, 0.4) is 0 Å². The van der Waals surface area contributed by atoms with E-state index in [1.54, 1.807) is 60.7 Å². The molecular weight excluding hydrogens is 709 g/mol. The molecule has 4 aromatic rings. The fourth-order valence-corrected chi connectivity index (χ4v) is 4.75. The Balaban J connectivity index is 0.000000288. The average molecular weight is 725 g/mol. The molecule has 0 radical (unpaired) electrons. The summed E-state index contributed by atoms with van der Waals surface area (Å²) >= 11 is 28.9. The van der Waals surface area contributed by atoms with E-state index in [4.69, 9.17) is 92.4 Å². The van der Waals surface area contributed by atoms with Gasteiger partial charge in [-0.25, -0.2) is 0 Å². The predicted molar refractivity (Wildman–Crippen MR) is 169 cm³/mol. The minimum atomic E-state index is -0.915. The quantitative estimate of drug-likeness (QED) is 0.0792. The van der Waals surface area contributed by atoms with E-state index in [1.807, 2.05) is 0 Å². The molecule has 0 bridgehead atoms. The van der Waals surface area contributed by atoms with E-state index >= 15 is 4.39 Å². The van der Waals surface area contributed by atoms with Crippen molar-refractivity contribution < 1.29 is 28.3 Å². The van der Waals surface area contributed by atoms with Crippen LogP contribution in [0, 0.1) is 28.5 Å². The molecule has 234 valence electrons. The van der Waals surface area contributed by atoms with Crippen molar-refractivity contribution in [1.29, 1.82) is 10.5 Å². The van der Waals surface area contributed by atoms with Gasteiger partial charge < -0.3 is 23.9 Å². The lowest BCUT2D eigenvalue weighted by molar-refractivity contribution is 0.0672. The number of nitrogens with zero attached hydrogens (tertiary/aromatic N) is 6. The largest absolute Gasteiger partial charge is 0.470 e. The number of para-hydroxylation sites is 2. The summed E-state index contributed by atoms with van der Waals surface area (Å²) in [5, 5.41) is 25.3. The van der Waals surface area contributed by atoms with Crippen molar-refractivity contribution in [1.82, 2.24) is 9.97 Å². The number of ether oxygens (including phenoxy) is 3. The van der Waals surface area contributed by atoms with Crippen molar-refractivity contribution in [3.63, 3.8) is 0 Å². The summed E-state index contributed by atoms with van der Waals surface area (Å²) in [6.07, 6.45) is 1.11. The number of rotatable bonds is 7. The highest BCUT2D eigenvalue weighted by molar-refractivity contribution is 6.50. The Kier molecular flexibility index (Phi) is 12.0. The Morgan fingerprint density at radius 3 is 1.98 bits per heavy atom. The van der Waals surface area contributed by atoms with E-state index < -0.39 is 5.82 Å². The second kappa shape index (κ2) is 16.1. The average Bonchev–Trinajstić information content (AvgIpc) is 3.07. The first kappa shape index (κ1) is 34.3. The summed E-state index contributed by atoms with van der Waals surface area (Å²) in [7, 11) is 1.37. The first-order chi connectivity index (χ1) is 22.2. The van der Waals surface area contributed by atoms with Gasteiger partial charge in [-0.05, 0) is 29.4 Å². The summed E-state index contributed by atoms with van der Waals surface area (Å²) in [5.41, 5.74) is 0.522. The lowest BCUT2D eigenvalue weighted by Gasteiger charge is -2.17. The van der Waals surface area contributed by atoms with Gasteiger partial charge in [-0.2, -0.15) is 24.9 Å². The summed E-state index contributed by atoms with van der Waals surface area (Å²) in [5.74, 6) is -1.09. The SMILES string of the molecule is CO/N=C(/C1=NOCCO1)c1ccccc1Oc1ncnc(Oc2ccccc2Cl)c1F.N#Cc1c(Cl)c(Cl)c(Cl)c(C#N)c1Cl. The number of nitriles is 2. The molecule has 11 nitrogen and oxygen atoms in total. The van der Waals surface area contributed by atoms with Gasteiger partial charge in [0.2, 0.25) is 5.82 Å². The highest BCUT2D eigenvalue weighted by atomic mass is 35.5. The van der Waals surface area contributed by atoms with Crippen LogP contribution in [-0.4, -0.2) is 41.9 Å². The molecular formula is C29H16Cl5FN6O5. The van der Waals surface area contributed by atoms with Crippen molar-refractivity contribution in [2.75, 3.05) is 20.3 Å². The molecule has 1 aliphatic rings. The molecule has 0 spiro atoms. The van der Waals surface area contributed by atoms with Crippen LogP contribution >= 0.6 is 58.0 Å². The molecule has 5 rings (SSSR count). The maximum atomic E-state index is 15.1. The Morgan fingerprint density at radius 2 is 1.41 bits per heavy atom. The Bertz CT molecular complexity index is 1870. The van der Waals surface area contributed by atoms with E-state index in [9.17, 15) is 0 Å². The molecule has 0 aliphatic carbocycles. The lowest BCUT2D eigenvalue weighted by atomic mass is 10.1. The van der Waals surface area contributed by atoms with Crippen LogP contribution < -0.4 is 9.47 Å². The molecule has 0 atom stereocenters. The van der Waals surface area contributed by atoms with Gasteiger partial charge in [-0.15, -0.1) is 0 Å². The van der Waals surface area contributed by atoms with E-state index in [0.717, 1.165) is 6.33 Å². The third kappa shape index (κ3) is 7.80. The topological polar surface area (TPSA) is 144 Å². The Hall–Kier alpha value is -4.56. The summed E-state index contributed by atoms with van der Waals surface area (Å²) in [4.78, 5) is 17.7. The van der Waals surface area contributed by atoms with Gasteiger partial charge in [0.05, 0.1) is 41.8 Å². The van der Waals surface area contributed by atoms with Crippen molar-refractivity contribution in [2.45, 2.75) is 0 Å². The zero-order valence-corrected chi connectivity index (χ0v) is 26.9. The summed E-state index contributed by atoms with van der Waals surface area (Å²) in [6.45, 7) is 0.593. The smallest absolute Gasteiger partial charge is 0.280 e. The highest BCUT2D eigenvalue weighted by Gasteiger charge is 2.24. The number of hydrogen-bond donors (Lipinski definition) is 0. The van der Waals surface area contributed by atoms with Crippen LogP contribution in [0.5, 0.6) is 23.3 Å². The van der Waals surface area contributed by atoms with Crippen molar-refractivity contribution >= 4 is 69.6 Å². The van der Waals surface area contributed by atoms with Gasteiger partial charge in [-0.3, -0.25) is 0 Å². The second-order valence-corrected chi connectivity index (χ2v) is 10.3. The fraction of sp³-hybridized carbons (Fsp3) is 0.103. The molecule has 3 aromatic carbocycles. The molecule has 0 saturated heterocycles. The summed E-state index contributed by atoms with van der Waals surface area (Å²) in [6, 6.07) is 16.8. The molecule has 1 aliphatic heterocycles. The molecule has 1 aromatic heterocycles. The monoisotopic (exact) mass is 722 g/mol. The molecule has 0 unspecified atom stereocenters. The molecule has 17 heteroatoms. The number of hydrogen-bond acceptors (Lipinski definition) is 11. The van der Waals surface area contributed by atoms with Crippen LogP contribution in [0.25, 0.3) is 0 Å². The van der Waals surface area contributed by atoms with Crippen LogP contribution in [0.2, 0.25) is 25.1 Å². The standard InChI is InChI=1S/C21H16ClFN4O5.C8Cl4N2/c1-28-26-18(21-27-30-11-10-29-21)13-6-2-4-8-15(13)31-19-17(23)20(25-12-24-19)32-16-9-5-3-7-14(16)22;9-5-3(1-13)6(10)8(12)7(11)4(5)2-14/h2-9,12H,10-11H2,1H3;/b26-18+;. The van der Waals surface area contributed by atoms with Crippen LogP contribution in [0.4, 0.5) is 4.39 Å². The molecule has 0 saturated carbocycles. The van der Waals surface area contributed by atoms with Gasteiger partial charge in [0.15, 0.2) is 12.3 Å². The molecule has 2 heterocycles. The number of halogens is 6. The fourth-order valence-electron chi connectivity index (χ4n) is 3.51. The molecule has 46 heavy (non-hydrogen) atoms. The maximum Gasteiger partial charge on any atom is 0.280 e. The highest BCUT2D eigenvalue weighted by Crippen LogP contribution is 2.40. The lowest BCUT2D eigenvalue weighted by Crippen LogP contribution is -2.25. The minimum Gasteiger partial charge on any atom is -0.470 e. The van der Waals surface area contributed by atoms with E-state index in [2.05, 4.69) is 20.3 Å². The van der Waals surface area contributed by atoms with Gasteiger partial charge >= 0.3 is 0 Å². The van der Waals surface area contributed by atoms with Crippen molar-refractivity contribution in [3.8, 4) is 35.4 Å². The van der Waals surface area contributed by atoms with Gasteiger partial charge in [0.1, 0.15) is 43.7 Å². The number of aromatic nitrogens is 2. The zero-order valence-electron chi connectivity index (χ0n) is 23.1. The first-order valence-corrected chi connectivity index (χ1v) is 14.4. The second-order valence-electron chi connectivity index (χ2n) is 8.36. The zero-order chi connectivity index (χ0) is 33.2. The molecule has 0 amide bonds. The number of oxime groups is 2. The van der Waals surface area contributed by atoms with Gasteiger partial charge in [-0.1, -0.05) is 87.4 Å². The van der Waals surface area contributed by atoms with Crippen LogP contribution in [-0.2, 0) is 14.4 Å². The van der Waals surface area contributed by atoms with E-state index in [1.165, 1.54) is 7.11 Å². The Morgan fingerprint density at radius 1 is 0.826 bits per heavy atom. The normalized spacial score (nSPS) is 12.2. The maximum absolute atomic E-state index is 15.1. The third-order valence-electron chi connectivity index (χ3n) is 5.55. The van der Waals surface area contributed by atoms with Crippen LogP contribution in [0.1, 0.15) is 16.7 Å². The van der Waals surface area contributed by atoms with E-state index in [-0.39, 0.29) is 72.7 Å².